The molecule has 2 rings (SSSR count). The van der Waals surface area contributed by atoms with Crippen molar-refractivity contribution in [2.24, 2.45) is 5.92 Å². The van der Waals surface area contributed by atoms with Gasteiger partial charge in [0.2, 0.25) is 0 Å². The Morgan fingerprint density at radius 3 is 2.94 bits per heavy atom. The Bertz CT molecular complexity index is 350. The van der Waals surface area contributed by atoms with Crippen molar-refractivity contribution in [3.8, 4) is 0 Å². The summed E-state index contributed by atoms with van der Waals surface area (Å²) in [7, 11) is 0. The van der Waals surface area contributed by atoms with Crippen LogP contribution >= 0.6 is 15.9 Å². The maximum atomic E-state index is 13.0. The molecule has 0 amide bonds. The van der Waals surface area contributed by atoms with Gasteiger partial charge in [-0.2, -0.15) is 0 Å². The number of rotatable bonds is 6. The van der Waals surface area contributed by atoms with Crippen LogP contribution in [0.4, 0.5) is 4.39 Å². The lowest BCUT2D eigenvalue weighted by Gasteiger charge is -2.06. The zero-order valence-electron chi connectivity index (χ0n) is 9.31. The molecule has 1 aromatic carbocycles. The second-order valence-corrected chi connectivity index (χ2v) is 5.35. The van der Waals surface area contributed by atoms with Gasteiger partial charge in [0.05, 0.1) is 0 Å². The van der Waals surface area contributed by atoms with Crippen molar-refractivity contribution in [2.45, 2.75) is 32.2 Å². The zero-order valence-corrected chi connectivity index (χ0v) is 10.9. The maximum Gasteiger partial charge on any atom is 0.123 e. The highest BCUT2D eigenvalue weighted by atomic mass is 79.9. The molecule has 88 valence electrons. The van der Waals surface area contributed by atoms with Gasteiger partial charge in [-0.15, -0.1) is 0 Å². The largest absolute Gasteiger partial charge is 0.313 e. The minimum Gasteiger partial charge on any atom is -0.313 e. The van der Waals surface area contributed by atoms with Crippen LogP contribution in [0.25, 0.3) is 0 Å². The molecule has 1 aliphatic rings. The second-order valence-electron chi connectivity index (χ2n) is 4.50. The topological polar surface area (TPSA) is 12.0 Å². The second kappa shape index (κ2) is 5.78. The van der Waals surface area contributed by atoms with E-state index in [1.54, 1.807) is 12.1 Å². The number of nitrogens with one attached hydrogen (secondary N) is 1. The van der Waals surface area contributed by atoms with Crippen molar-refractivity contribution in [1.82, 2.24) is 5.32 Å². The lowest BCUT2D eigenvalue weighted by Crippen LogP contribution is -2.15. The van der Waals surface area contributed by atoms with Gasteiger partial charge in [-0.05, 0) is 49.1 Å². The van der Waals surface area contributed by atoms with Gasteiger partial charge >= 0.3 is 0 Å². The molecule has 0 atom stereocenters. The Hall–Kier alpha value is -0.410. The summed E-state index contributed by atoms with van der Waals surface area (Å²) in [6.07, 6.45) is 5.43. The highest BCUT2D eigenvalue weighted by Crippen LogP contribution is 2.33. The molecule has 1 aliphatic carbocycles. The van der Waals surface area contributed by atoms with Gasteiger partial charge in [-0.25, -0.2) is 4.39 Å². The Labute approximate surface area is 105 Å². The van der Waals surface area contributed by atoms with E-state index in [1.807, 2.05) is 0 Å². The van der Waals surface area contributed by atoms with Crippen LogP contribution < -0.4 is 5.32 Å². The first-order chi connectivity index (χ1) is 7.75. The number of hydrogen-bond acceptors (Lipinski definition) is 1. The van der Waals surface area contributed by atoms with Gasteiger partial charge < -0.3 is 5.32 Å². The number of benzene rings is 1. The van der Waals surface area contributed by atoms with Gasteiger partial charge in [0.15, 0.2) is 0 Å². The first-order valence-corrected chi connectivity index (χ1v) is 6.69. The molecule has 0 aromatic heterocycles. The minimum atomic E-state index is -0.169. The van der Waals surface area contributed by atoms with Gasteiger partial charge in [-0.3, -0.25) is 0 Å². The standard InChI is InChI=1S/C13H17BrFN/c14-13-6-5-12(15)8-11(13)9-16-7-1-2-10-3-4-10/h5-6,8,10,16H,1-4,7,9H2. The van der Waals surface area contributed by atoms with E-state index in [4.69, 9.17) is 0 Å². The molecular formula is C13H17BrFN. The van der Waals surface area contributed by atoms with Crippen molar-refractivity contribution in [2.75, 3.05) is 6.54 Å². The average molecular weight is 286 g/mol. The molecule has 0 unspecified atom stereocenters. The SMILES string of the molecule is Fc1ccc(Br)c(CNCCCC2CC2)c1. The van der Waals surface area contributed by atoms with Crippen LogP contribution in [0.5, 0.6) is 0 Å². The molecular weight excluding hydrogens is 269 g/mol. The van der Waals surface area contributed by atoms with Crippen LogP contribution in [-0.2, 0) is 6.54 Å². The smallest absolute Gasteiger partial charge is 0.123 e. The van der Waals surface area contributed by atoms with Gasteiger partial charge in [0, 0.05) is 11.0 Å². The summed E-state index contributed by atoms with van der Waals surface area (Å²) in [6.45, 7) is 1.77. The summed E-state index contributed by atoms with van der Waals surface area (Å²) >= 11 is 3.43. The van der Waals surface area contributed by atoms with E-state index in [2.05, 4.69) is 21.2 Å². The summed E-state index contributed by atoms with van der Waals surface area (Å²) < 4.78 is 14.0. The van der Waals surface area contributed by atoms with E-state index < -0.39 is 0 Å². The molecule has 0 radical (unpaired) electrons. The maximum absolute atomic E-state index is 13.0. The molecule has 16 heavy (non-hydrogen) atoms. The van der Waals surface area contributed by atoms with E-state index >= 15 is 0 Å². The summed E-state index contributed by atoms with van der Waals surface area (Å²) in [5.41, 5.74) is 0.992. The van der Waals surface area contributed by atoms with E-state index in [0.717, 1.165) is 29.0 Å². The molecule has 1 N–H and O–H groups in total. The lowest BCUT2D eigenvalue weighted by atomic mass is 10.2. The molecule has 0 spiro atoms. The Kier molecular flexibility index (Phi) is 4.36. The fourth-order valence-electron chi connectivity index (χ4n) is 1.82. The fourth-order valence-corrected chi connectivity index (χ4v) is 2.21. The summed E-state index contributed by atoms with van der Waals surface area (Å²) in [5.74, 6) is 0.834. The molecule has 0 heterocycles. The predicted molar refractivity (Wildman–Crippen MR) is 67.8 cm³/mol. The Balaban J connectivity index is 1.69. The zero-order chi connectivity index (χ0) is 11.4. The number of hydrogen-bond donors (Lipinski definition) is 1. The molecule has 0 aliphatic heterocycles. The lowest BCUT2D eigenvalue weighted by molar-refractivity contribution is 0.588. The van der Waals surface area contributed by atoms with Crippen LogP contribution in [0.3, 0.4) is 0 Å². The molecule has 1 saturated carbocycles. The quantitative estimate of drug-likeness (QED) is 0.783. The van der Waals surface area contributed by atoms with Crippen LogP contribution in [0.2, 0.25) is 0 Å². The van der Waals surface area contributed by atoms with Crippen molar-refractivity contribution in [3.05, 3.63) is 34.1 Å². The van der Waals surface area contributed by atoms with Crippen molar-refractivity contribution >= 4 is 15.9 Å². The highest BCUT2D eigenvalue weighted by Gasteiger charge is 2.19. The van der Waals surface area contributed by atoms with E-state index in [1.165, 1.54) is 31.7 Å². The van der Waals surface area contributed by atoms with Crippen molar-refractivity contribution in [1.29, 1.82) is 0 Å². The Morgan fingerprint density at radius 1 is 1.38 bits per heavy atom. The molecule has 1 nitrogen and oxygen atoms in total. The third kappa shape index (κ3) is 3.87. The normalized spacial score (nSPS) is 15.4. The van der Waals surface area contributed by atoms with E-state index in [-0.39, 0.29) is 5.82 Å². The van der Waals surface area contributed by atoms with Gasteiger partial charge in [0.1, 0.15) is 5.82 Å². The predicted octanol–water partition coefficient (Wildman–Crippen LogP) is 3.87. The summed E-state index contributed by atoms with van der Waals surface area (Å²) in [5, 5.41) is 3.36. The molecule has 1 fully saturated rings. The van der Waals surface area contributed by atoms with Crippen LogP contribution in [0.15, 0.2) is 22.7 Å². The van der Waals surface area contributed by atoms with Crippen LogP contribution in [-0.4, -0.2) is 6.54 Å². The monoisotopic (exact) mass is 285 g/mol. The fraction of sp³-hybridized carbons (Fsp3) is 0.538. The molecule has 3 heteroatoms. The van der Waals surface area contributed by atoms with Crippen molar-refractivity contribution < 1.29 is 4.39 Å². The van der Waals surface area contributed by atoms with Gasteiger partial charge in [0.25, 0.3) is 0 Å². The summed E-state index contributed by atoms with van der Waals surface area (Å²) in [6, 6.07) is 4.81. The minimum absolute atomic E-state index is 0.169. The number of halogens is 2. The van der Waals surface area contributed by atoms with E-state index in [9.17, 15) is 4.39 Å². The Morgan fingerprint density at radius 2 is 2.19 bits per heavy atom. The first kappa shape index (κ1) is 12.1. The molecule has 0 bridgehead atoms. The molecule has 0 saturated heterocycles. The van der Waals surface area contributed by atoms with Gasteiger partial charge in [-0.1, -0.05) is 28.8 Å². The molecule has 1 aromatic rings. The third-order valence-corrected chi connectivity index (χ3v) is 3.76. The van der Waals surface area contributed by atoms with E-state index in [0.29, 0.717) is 0 Å². The highest BCUT2D eigenvalue weighted by molar-refractivity contribution is 9.10. The van der Waals surface area contributed by atoms with Crippen LogP contribution in [0.1, 0.15) is 31.2 Å². The average Bonchev–Trinajstić information content (AvgIpc) is 3.06. The van der Waals surface area contributed by atoms with Crippen LogP contribution in [0, 0.1) is 11.7 Å². The van der Waals surface area contributed by atoms with Crippen molar-refractivity contribution in [3.63, 3.8) is 0 Å². The third-order valence-electron chi connectivity index (χ3n) is 2.99. The summed E-state index contributed by atoms with van der Waals surface area (Å²) in [4.78, 5) is 0. The first-order valence-electron chi connectivity index (χ1n) is 5.90.